The smallest absolute Gasteiger partial charge is 0.247 e. The molecule has 3 unspecified atom stereocenters. The Hall–Kier alpha value is 0.0900. The van der Waals surface area contributed by atoms with Crippen molar-refractivity contribution >= 4 is 75.2 Å². The summed E-state index contributed by atoms with van der Waals surface area (Å²) < 4.78 is 3.82. The second-order valence-corrected chi connectivity index (χ2v) is 10.4. The maximum absolute atomic E-state index is 12.4. The van der Waals surface area contributed by atoms with Crippen molar-refractivity contribution in [1.29, 1.82) is 0 Å². The molecule has 26 heavy (non-hydrogen) atoms. The molecule has 0 bridgehead atoms. The van der Waals surface area contributed by atoms with Crippen molar-refractivity contribution in [3.8, 4) is 0 Å². The number of ether oxygens (including phenoxy) is 1. The van der Waals surface area contributed by atoms with E-state index in [0.29, 0.717) is 18.6 Å². The standard InChI is InChI=1S/C16H21Cl5N2O2S/c1-9(14(17)18)6-11(25-3)8-13(24)23-12(15-22-4-5-26-15)7-10(2)16(19,20)21/h4-5,8-10,12,14H,6-7H2,1-3H3,(H,23,24). The maximum atomic E-state index is 12.4. The summed E-state index contributed by atoms with van der Waals surface area (Å²) in [4.78, 5) is 16.2. The predicted molar refractivity (Wildman–Crippen MR) is 111 cm³/mol. The minimum atomic E-state index is -1.43. The van der Waals surface area contributed by atoms with Gasteiger partial charge in [-0.05, 0) is 12.3 Å². The number of nitrogens with zero attached hydrogens (tertiary/aromatic N) is 1. The molecule has 0 fully saturated rings. The van der Waals surface area contributed by atoms with Crippen molar-refractivity contribution in [1.82, 2.24) is 10.3 Å². The average Bonchev–Trinajstić information content (AvgIpc) is 3.06. The van der Waals surface area contributed by atoms with Gasteiger partial charge in [-0.15, -0.1) is 34.5 Å². The zero-order valence-electron chi connectivity index (χ0n) is 14.5. The highest BCUT2D eigenvalue weighted by Crippen LogP contribution is 2.39. The zero-order valence-corrected chi connectivity index (χ0v) is 19.1. The molecule has 3 atom stereocenters. The van der Waals surface area contributed by atoms with Gasteiger partial charge in [-0.25, -0.2) is 4.98 Å². The number of carbonyl (C=O) groups excluding carboxylic acids is 1. The van der Waals surface area contributed by atoms with Crippen LogP contribution < -0.4 is 5.32 Å². The van der Waals surface area contributed by atoms with E-state index in [2.05, 4.69) is 10.3 Å². The number of rotatable bonds is 9. The second kappa shape index (κ2) is 11.2. The number of nitrogens with one attached hydrogen (secondary N) is 1. The van der Waals surface area contributed by atoms with E-state index >= 15 is 0 Å². The Morgan fingerprint density at radius 3 is 2.50 bits per heavy atom. The summed E-state index contributed by atoms with van der Waals surface area (Å²) in [5, 5.41) is 5.47. The first-order valence-corrected chi connectivity index (χ1v) is 10.7. The summed E-state index contributed by atoms with van der Waals surface area (Å²) >= 11 is 31.0. The zero-order chi connectivity index (χ0) is 19.9. The number of alkyl halides is 5. The van der Waals surface area contributed by atoms with Crippen molar-refractivity contribution in [2.75, 3.05) is 7.11 Å². The Morgan fingerprint density at radius 2 is 2.04 bits per heavy atom. The topological polar surface area (TPSA) is 51.2 Å². The molecule has 0 aromatic carbocycles. The van der Waals surface area contributed by atoms with Gasteiger partial charge in [0.25, 0.3) is 0 Å². The molecule has 148 valence electrons. The Labute approximate surface area is 183 Å². The van der Waals surface area contributed by atoms with E-state index in [-0.39, 0.29) is 23.8 Å². The molecule has 0 aliphatic carbocycles. The molecule has 0 aliphatic heterocycles. The largest absolute Gasteiger partial charge is 0.501 e. The van der Waals surface area contributed by atoms with Gasteiger partial charge in [0.05, 0.1) is 13.2 Å². The molecular formula is C16H21Cl5N2O2S. The summed E-state index contributed by atoms with van der Waals surface area (Å²) in [6.45, 7) is 3.68. The number of hydrogen-bond donors (Lipinski definition) is 1. The highest BCUT2D eigenvalue weighted by atomic mass is 35.6. The van der Waals surface area contributed by atoms with Crippen LogP contribution in [-0.4, -0.2) is 26.6 Å². The second-order valence-electron chi connectivity index (χ2n) is 5.94. The molecule has 1 aromatic heterocycles. The molecule has 1 rings (SSSR count). The van der Waals surface area contributed by atoms with Crippen LogP contribution in [0.3, 0.4) is 0 Å². The number of thiazole rings is 1. The molecule has 0 aliphatic rings. The van der Waals surface area contributed by atoms with Crippen LogP contribution in [0.15, 0.2) is 23.4 Å². The molecule has 0 saturated heterocycles. The van der Waals surface area contributed by atoms with E-state index in [9.17, 15) is 4.79 Å². The summed E-state index contributed by atoms with van der Waals surface area (Å²) in [5.74, 6) is -0.197. The lowest BCUT2D eigenvalue weighted by molar-refractivity contribution is -0.117. The number of allylic oxidation sites excluding steroid dienone is 1. The Bertz CT molecular complexity index is 590. The van der Waals surface area contributed by atoms with Gasteiger partial charge in [-0.1, -0.05) is 48.7 Å². The molecule has 10 heteroatoms. The average molecular weight is 483 g/mol. The fraction of sp³-hybridized carbons (Fsp3) is 0.625. The van der Waals surface area contributed by atoms with Crippen LogP contribution in [0.1, 0.15) is 37.7 Å². The van der Waals surface area contributed by atoms with Gasteiger partial charge in [0, 0.05) is 30.0 Å². The van der Waals surface area contributed by atoms with Gasteiger partial charge < -0.3 is 10.1 Å². The minimum absolute atomic E-state index is 0.0588. The first-order chi connectivity index (χ1) is 12.0. The SMILES string of the molecule is COC(=CC(=O)NC(CC(C)C(Cl)(Cl)Cl)c1nccs1)CC(C)C(Cl)Cl. The van der Waals surface area contributed by atoms with Gasteiger partial charge in [-0.2, -0.15) is 0 Å². The molecule has 0 saturated carbocycles. The summed E-state index contributed by atoms with van der Waals surface area (Å²) in [5.41, 5.74) is 0. The van der Waals surface area contributed by atoms with E-state index < -0.39 is 8.63 Å². The first kappa shape index (κ1) is 24.1. The number of aromatic nitrogens is 1. The number of hydrogen-bond acceptors (Lipinski definition) is 4. The monoisotopic (exact) mass is 480 g/mol. The molecule has 1 heterocycles. The molecule has 4 nitrogen and oxygen atoms in total. The highest BCUT2D eigenvalue weighted by Gasteiger charge is 2.32. The number of methoxy groups -OCH3 is 1. The van der Waals surface area contributed by atoms with Crippen molar-refractivity contribution < 1.29 is 9.53 Å². The minimum Gasteiger partial charge on any atom is -0.501 e. The summed E-state index contributed by atoms with van der Waals surface area (Å²) in [6, 6.07) is -0.381. The Morgan fingerprint density at radius 1 is 1.38 bits per heavy atom. The predicted octanol–water partition coefficient (Wildman–Crippen LogP) is 6.06. The number of carbonyl (C=O) groups is 1. The molecule has 1 aromatic rings. The molecule has 0 spiro atoms. The van der Waals surface area contributed by atoms with E-state index in [4.69, 9.17) is 62.7 Å². The fourth-order valence-electron chi connectivity index (χ4n) is 2.08. The van der Waals surface area contributed by atoms with Gasteiger partial charge >= 0.3 is 0 Å². The Kier molecular flexibility index (Phi) is 10.4. The lowest BCUT2D eigenvalue weighted by atomic mass is 10.0. The normalized spacial score (nSPS) is 16.3. The maximum Gasteiger partial charge on any atom is 0.247 e. The number of halogens is 5. The third kappa shape index (κ3) is 8.41. The van der Waals surface area contributed by atoms with E-state index in [1.807, 2.05) is 12.3 Å². The van der Waals surface area contributed by atoms with E-state index in [0.717, 1.165) is 5.01 Å². The number of amides is 1. The van der Waals surface area contributed by atoms with Crippen LogP contribution in [0.2, 0.25) is 0 Å². The molecule has 0 radical (unpaired) electrons. The summed E-state index contributed by atoms with van der Waals surface area (Å²) in [6.07, 6.45) is 3.91. The lowest BCUT2D eigenvalue weighted by Gasteiger charge is -2.25. The van der Waals surface area contributed by atoms with Crippen LogP contribution in [0.5, 0.6) is 0 Å². The quantitative estimate of drug-likeness (QED) is 0.265. The third-order valence-electron chi connectivity index (χ3n) is 3.72. The first-order valence-electron chi connectivity index (χ1n) is 7.83. The van der Waals surface area contributed by atoms with Crippen molar-refractivity contribution in [3.05, 3.63) is 28.4 Å². The third-order valence-corrected chi connectivity index (χ3v) is 6.59. The van der Waals surface area contributed by atoms with Gasteiger partial charge in [0.1, 0.15) is 15.6 Å². The van der Waals surface area contributed by atoms with E-state index in [1.54, 1.807) is 13.1 Å². The van der Waals surface area contributed by atoms with Gasteiger partial charge in [0.2, 0.25) is 5.91 Å². The van der Waals surface area contributed by atoms with Gasteiger partial charge in [0.15, 0.2) is 3.79 Å². The van der Waals surface area contributed by atoms with Crippen molar-refractivity contribution in [2.45, 2.75) is 41.4 Å². The molecule has 1 N–H and O–H groups in total. The highest BCUT2D eigenvalue weighted by molar-refractivity contribution is 7.09. The van der Waals surface area contributed by atoms with Crippen molar-refractivity contribution in [3.63, 3.8) is 0 Å². The molecular weight excluding hydrogens is 462 g/mol. The van der Waals surface area contributed by atoms with Crippen LogP contribution in [0, 0.1) is 11.8 Å². The van der Waals surface area contributed by atoms with Crippen LogP contribution in [0.4, 0.5) is 0 Å². The molecule has 1 amide bonds. The lowest BCUT2D eigenvalue weighted by Crippen LogP contribution is -2.31. The van der Waals surface area contributed by atoms with Crippen LogP contribution >= 0.6 is 69.3 Å². The summed E-state index contributed by atoms with van der Waals surface area (Å²) in [7, 11) is 1.49. The van der Waals surface area contributed by atoms with Crippen molar-refractivity contribution in [2.24, 2.45) is 11.8 Å². The Balaban J connectivity index is 2.86. The fourth-order valence-corrected chi connectivity index (χ4v) is 3.23. The van der Waals surface area contributed by atoms with Crippen LogP contribution in [0.25, 0.3) is 0 Å². The van der Waals surface area contributed by atoms with Gasteiger partial charge in [-0.3, -0.25) is 4.79 Å². The van der Waals surface area contributed by atoms with Crippen LogP contribution in [-0.2, 0) is 9.53 Å². The van der Waals surface area contributed by atoms with E-state index in [1.165, 1.54) is 24.5 Å².